The van der Waals surface area contributed by atoms with Gasteiger partial charge in [0.05, 0.1) is 31.7 Å². The van der Waals surface area contributed by atoms with E-state index in [1.54, 1.807) is 31.4 Å². The lowest BCUT2D eigenvalue weighted by Crippen LogP contribution is -2.10. The van der Waals surface area contributed by atoms with Crippen LogP contribution < -0.4 is 4.89 Å². The molecule has 0 aromatic carbocycles. The molecule has 0 spiro atoms. The molecule has 100 valence electrons. The van der Waals surface area contributed by atoms with Crippen LogP contribution in [0.15, 0.2) is 24.4 Å². The van der Waals surface area contributed by atoms with E-state index in [1.807, 2.05) is 0 Å². The maximum Gasteiger partial charge on any atom is 0.357 e. The third-order valence-corrected chi connectivity index (χ3v) is 2.49. The lowest BCUT2D eigenvalue weighted by Gasteiger charge is -2.05. The number of ether oxygens (including phenoxy) is 1. The van der Waals surface area contributed by atoms with E-state index in [-0.39, 0.29) is 0 Å². The van der Waals surface area contributed by atoms with Crippen molar-refractivity contribution in [1.82, 2.24) is 14.8 Å². The van der Waals surface area contributed by atoms with Crippen molar-refractivity contribution in [2.24, 2.45) is 7.05 Å². The van der Waals surface area contributed by atoms with Crippen molar-refractivity contribution in [3.63, 3.8) is 0 Å². The van der Waals surface area contributed by atoms with Gasteiger partial charge < -0.3 is 9.62 Å². The van der Waals surface area contributed by atoms with Crippen LogP contribution in [0, 0.1) is 0 Å². The first-order valence-corrected chi connectivity index (χ1v) is 5.45. The summed E-state index contributed by atoms with van der Waals surface area (Å²) in [6, 6.07) is 5.12. The SMILES string of the molecule is COOc1cccc(-c2cnn(C)c2C(=O)OC)n1. The molecule has 2 rings (SSSR count). The van der Waals surface area contributed by atoms with Crippen LogP contribution >= 0.6 is 0 Å². The number of rotatable bonds is 4. The van der Waals surface area contributed by atoms with Gasteiger partial charge in [-0.1, -0.05) is 6.07 Å². The highest BCUT2D eigenvalue weighted by atomic mass is 17.2. The van der Waals surface area contributed by atoms with E-state index < -0.39 is 5.97 Å². The van der Waals surface area contributed by atoms with Gasteiger partial charge in [-0.25, -0.2) is 9.78 Å². The predicted molar refractivity (Wildman–Crippen MR) is 65.4 cm³/mol. The van der Waals surface area contributed by atoms with E-state index in [0.717, 1.165) is 0 Å². The quantitative estimate of drug-likeness (QED) is 0.469. The van der Waals surface area contributed by atoms with E-state index in [2.05, 4.69) is 15.0 Å². The van der Waals surface area contributed by atoms with Gasteiger partial charge in [0.1, 0.15) is 0 Å². The zero-order chi connectivity index (χ0) is 13.8. The number of pyridine rings is 1. The highest BCUT2D eigenvalue weighted by Gasteiger charge is 2.19. The van der Waals surface area contributed by atoms with Crippen molar-refractivity contribution in [3.8, 4) is 17.1 Å². The largest absolute Gasteiger partial charge is 0.464 e. The maximum atomic E-state index is 11.7. The van der Waals surface area contributed by atoms with Crippen molar-refractivity contribution in [2.75, 3.05) is 14.2 Å². The number of hydrogen-bond donors (Lipinski definition) is 0. The van der Waals surface area contributed by atoms with Gasteiger partial charge in [-0.05, 0) is 6.07 Å². The van der Waals surface area contributed by atoms with E-state index >= 15 is 0 Å². The van der Waals surface area contributed by atoms with Crippen molar-refractivity contribution in [3.05, 3.63) is 30.1 Å². The molecule has 2 heterocycles. The van der Waals surface area contributed by atoms with Gasteiger partial charge in [0.25, 0.3) is 5.88 Å². The first-order chi connectivity index (χ1) is 9.17. The topological polar surface area (TPSA) is 75.5 Å². The van der Waals surface area contributed by atoms with Crippen LogP contribution in [0.4, 0.5) is 0 Å². The summed E-state index contributed by atoms with van der Waals surface area (Å²) in [4.78, 5) is 25.3. The zero-order valence-electron chi connectivity index (χ0n) is 10.8. The van der Waals surface area contributed by atoms with Crippen LogP contribution in [0.25, 0.3) is 11.3 Å². The van der Waals surface area contributed by atoms with Gasteiger partial charge in [0.15, 0.2) is 5.69 Å². The Kier molecular flexibility index (Phi) is 3.76. The molecular formula is C12H13N3O4. The van der Waals surface area contributed by atoms with Crippen molar-refractivity contribution < 1.29 is 19.3 Å². The van der Waals surface area contributed by atoms with Gasteiger partial charge >= 0.3 is 5.97 Å². The maximum absolute atomic E-state index is 11.7. The summed E-state index contributed by atoms with van der Waals surface area (Å²) in [5.41, 5.74) is 1.43. The first-order valence-electron chi connectivity index (χ1n) is 5.45. The number of methoxy groups -OCH3 is 1. The summed E-state index contributed by atoms with van der Waals surface area (Å²) < 4.78 is 6.17. The fourth-order valence-corrected chi connectivity index (χ4v) is 1.66. The molecule has 0 amide bonds. The van der Waals surface area contributed by atoms with E-state index in [1.165, 1.54) is 18.9 Å². The Morgan fingerprint density at radius 2 is 2.11 bits per heavy atom. The van der Waals surface area contributed by atoms with E-state index in [9.17, 15) is 4.79 Å². The summed E-state index contributed by atoms with van der Waals surface area (Å²) in [5.74, 6) is -0.186. The number of esters is 1. The van der Waals surface area contributed by atoms with Crippen molar-refractivity contribution in [1.29, 1.82) is 0 Å². The molecule has 19 heavy (non-hydrogen) atoms. The second-order valence-corrected chi connectivity index (χ2v) is 3.63. The van der Waals surface area contributed by atoms with Gasteiger partial charge in [-0.2, -0.15) is 9.99 Å². The number of aryl methyl sites for hydroxylation is 1. The van der Waals surface area contributed by atoms with E-state index in [0.29, 0.717) is 22.8 Å². The Bertz CT molecular complexity index is 594. The normalized spacial score (nSPS) is 10.3. The third-order valence-electron chi connectivity index (χ3n) is 2.49. The smallest absolute Gasteiger partial charge is 0.357 e. The van der Waals surface area contributed by atoms with Crippen LogP contribution in [-0.2, 0) is 16.7 Å². The Morgan fingerprint density at radius 1 is 1.32 bits per heavy atom. The molecule has 0 saturated heterocycles. The highest BCUT2D eigenvalue weighted by molar-refractivity contribution is 5.94. The van der Waals surface area contributed by atoms with Crippen LogP contribution in [0.1, 0.15) is 10.5 Å². The molecule has 0 radical (unpaired) electrons. The average molecular weight is 263 g/mol. The molecule has 0 bridgehead atoms. The summed E-state index contributed by atoms with van der Waals surface area (Å²) in [5, 5.41) is 4.04. The summed E-state index contributed by atoms with van der Waals surface area (Å²) in [7, 11) is 4.36. The van der Waals surface area contributed by atoms with Crippen LogP contribution in [0.5, 0.6) is 5.88 Å². The number of aromatic nitrogens is 3. The Morgan fingerprint density at radius 3 is 2.79 bits per heavy atom. The summed E-state index contributed by atoms with van der Waals surface area (Å²) in [6.07, 6.45) is 1.55. The standard InChI is InChI=1S/C12H13N3O4/c1-15-11(12(16)17-2)8(7-13-15)9-5-4-6-10(14-9)19-18-3/h4-7H,1-3H3. The summed E-state index contributed by atoms with van der Waals surface area (Å²) in [6.45, 7) is 0. The Hall–Kier alpha value is -2.41. The molecular weight excluding hydrogens is 250 g/mol. The molecule has 2 aromatic heterocycles. The fraction of sp³-hybridized carbons (Fsp3) is 0.250. The molecule has 0 unspecified atom stereocenters. The molecule has 0 saturated carbocycles. The molecule has 0 aliphatic rings. The second-order valence-electron chi connectivity index (χ2n) is 3.63. The molecule has 2 aromatic rings. The fourth-order valence-electron chi connectivity index (χ4n) is 1.66. The molecule has 0 aliphatic carbocycles. The highest BCUT2D eigenvalue weighted by Crippen LogP contribution is 2.23. The lowest BCUT2D eigenvalue weighted by molar-refractivity contribution is -0.181. The van der Waals surface area contributed by atoms with Gasteiger partial charge in [0.2, 0.25) is 0 Å². The number of hydrogen-bond acceptors (Lipinski definition) is 6. The minimum Gasteiger partial charge on any atom is -0.464 e. The number of carbonyl (C=O) groups excluding carboxylic acids is 1. The minimum atomic E-state index is -0.477. The van der Waals surface area contributed by atoms with Crippen molar-refractivity contribution in [2.45, 2.75) is 0 Å². The van der Waals surface area contributed by atoms with Crippen LogP contribution in [-0.4, -0.2) is 35.0 Å². The molecule has 0 fully saturated rings. The molecule has 0 atom stereocenters. The van der Waals surface area contributed by atoms with Crippen LogP contribution in [0.2, 0.25) is 0 Å². The lowest BCUT2D eigenvalue weighted by atomic mass is 10.1. The van der Waals surface area contributed by atoms with Crippen molar-refractivity contribution >= 4 is 5.97 Å². The Labute approximate surface area is 109 Å². The average Bonchev–Trinajstić information content (AvgIpc) is 2.80. The van der Waals surface area contributed by atoms with Gasteiger partial charge in [-0.3, -0.25) is 4.68 Å². The predicted octanol–water partition coefficient (Wildman–Crippen LogP) is 1.21. The number of nitrogens with zero attached hydrogens (tertiary/aromatic N) is 3. The molecule has 0 N–H and O–H groups in total. The van der Waals surface area contributed by atoms with E-state index in [4.69, 9.17) is 9.62 Å². The summed E-state index contributed by atoms with van der Waals surface area (Å²) >= 11 is 0. The second kappa shape index (κ2) is 5.49. The Balaban J connectivity index is 2.47. The molecule has 0 aliphatic heterocycles. The molecule has 7 nitrogen and oxygen atoms in total. The monoisotopic (exact) mass is 263 g/mol. The van der Waals surface area contributed by atoms with Gasteiger partial charge in [-0.15, -0.1) is 0 Å². The third kappa shape index (κ3) is 2.55. The van der Waals surface area contributed by atoms with Gasteiger partial charge in [0, 0.05) is 13.1 Å². The first kappa shape index (κ1) is 13.0. The zero-order valence-corrected chi connectivity index (χ0v) is 10.8. The minimum absolute atomic E-state index is 0.291. The van der Waals surface area contributed by atoms with Crippen LogP contribution in [0.3, 0.4) is 0 Å². The number of carbonyl (C=O) groups is 1. The molecule has 7 heteroatoms.